The molecule has 128 valence electrons. The number of carbonyl (C=O) groups is 1. The smallest absolute Gasteiger partial charge is 0.264 e. The third-order valence-corrected chi connectivity index (χ3v) is 5.74. The summed E-state index contributed by atoms with van der Waals surface area (Å²) in [5.41, 5.74) is 1.85. The van der Waals surface area contributed by atoms with Gasteiger partial charge in [0, 0.05) is 38.2 Å². The molecular weight excluding hydrogens is 336 g/mol. The Morgan fingerprint density at radius 1 is 1.16 bits per heavy atom. The summed E-state index contributed by atoms with van der Waals surface area (Å²) in [6.07, 6.45) is 4.26. The number of aromatic nitrogens is 4. The lowest BCUT2D eigenvalue weighted by molar-refractivity contribution is 0.0751. The molecule has 25 heavy (non-hydrogen) atoms. The van der Waals surface area contributed by atoms with E-state index in [-0.39, 0.29) is 5.91 Å². The number of nitrogens with zero attached hydrogens (tertiary/aromatic N) is 6. The van der Waals surface area contributed by atoms with Gasteiger partial charge in [-0.25, -0.2) is 0 Å². The molecule has 8 heteroatoms. The van der Waals surface area contributed by atoms with Crippen molar-refractivity contribution in [1.29, 1.82) is 0 Å². The molecule has 0 atom stereocenters. The van der Waals surface area contributed by atoms with Crippen molar-refractivity contribution in [1.82, 2.24) is 24.7 Å². The summed E-state index contributed by atoms with van der Waals surface area (Å²) >= 11 is 1.50. The predicted octanol–water partition coefficient (Wildman–Crippen LogP) is 2.03. The van der Waals surface area contributed by atoms with Crippen molar-refractivity contribution in [2.75, 3.05) is 31.1 Å². The van der Waals surface area contributed by atoms with Gasteiger partial charge in [-0.2, -0.15) is 9.61 Å². The molecule has 1 amide bonds. The fourth-order valence-electron chi connectivity index (χ4n) is 3.29. The Bertz CT molecular complexity index is 909. The normalized spacial score (nSPS) is 18.1. The SMILES string of the molecule is O=C(c1cccs1)N1CCN(c2cnn3c(C4CC4)nnc3c2)CC1. The van der Waals surface area contributed by atoms with Crippen LogP contribution in [0.4, 0.5) is 5.69 Å². The average Bonchev–Trinajstić information content (AvgIpc) is 3.19. The molecule has 4 heterocycles. The van der Waals surface area contributed by atoms with Gasteiger partial charge in [0.2, 0.25) is 0 Å². The maximum atomic E-state index is 12.4. The molecule has 1 aliphatic carbocycles. The first-order valence-corrected chi connectivity index (χ1v) is 9.46. The molecule has 3 aromatic heterocycles. The van der Waals surface area contributed by atoms with Crippen molar-refractivity contribution in [2.45, 2.75) is 18.8 Å². The highest BCUT2D eigenvalue weighted by molar-refractivity contribution is 7.12. The first-order valence-electron chi connectivity index (χ1n) is 8.59. The van der Waals surface area contributed by atoms with Crippen LogP contribution in [-0.4, -0.2) is 56.8 Å². The van der Waals surface area contributed by atoms with Gasteiger partial charge in [0.15, 0.2) is 11.5 Å². The molecule has 2 aliphatic rings. The lowest BCUT2D eigenvalue weighted by Crippen LogP contribution is -2.48. The Kier molecular flexibility index (Phi) is 3.44. The summed E-state index contributed by atoms with van der Waals surface area (Å²) in [5.74, 6) is 1.64. The topological polar surface area (TPSA) is 66.6 Å². The molecule has 1 aliphatic heterocycles. The number of anilines is 1. The van der Waals surface area contributed by atoms with Crippen LogP contribution in [0.5, 0.6) is 0 Å². The minimum Gasteiger partial charge on any atom is -0.367 e. The number of hydrogen-bond donors (Lipinski definition) is 0. The fourth-order valence-corrected chi connectivity index (χ4v) is 3.98. The van der Waals surface area contributed by atoms with Crippen LogP contribution < -0.4 is 4.90 Å². The van der Waals surface area contributed by atoms with E-state index >= 15 is 0 Å². The molecule has 2 fully saturated rings. The molecule has 0 unspecified atom stereocenters. The third kappa shape index (κ3) is 2.66. The number of hydrogen-bond acceptors (Lipinski definition) is 6. The van der Waals surface area contributed by atoms with Crippen LogP contribution in [0.1, 0.15) is 34.3 Å². The van der Waals surface area contributed by atoms with Crippen molar-refractivity contribution in [3.63, 3.8) is 0 Å². The van der Waals surface area contributed by atoms with Crippen molar-refractivity contribution in [3.8, 4) is 0 Å². The van der Waals surface area contributed by atoms with Crippen LogP contribution in [0, 0.1) is 0 Å². The summed E-state index contributed by atoms with van der Waals surface area (Å²) in [4.78, 5) is 17.4. The van der Waals surface area contributed by atoms with E-state index < -0.39 is 0 Å². The highest BCUT2D eigenvalue weighted by Gasteiger charge is 2.29. The zero-order valence-electron chi connectivity index (χ0n) is 13.7. The van der Waals surface area contributed by atoms with Crippen LogP contribution >= 0.6 is 11.3 Å². The van der Waals surface area contributed by atoms with Gasteiger partial charge in [0.25, 0.3) is 5.91 Å². The van der Waals surface area contributed by atoms with E-state index in [0.717, 1.165) is 48.2 Å². The van der Waals surface area contributed by atoms with E-state index in [0.29, 0.717) is 5.92 Å². The number of thiophene rings is 1. The van der Waals surface area contributed by atoms with Gasteiger partial charge in [0.1, 0.15) is 0 Å². The molecule has 0 N–H and O–H groups in total. The standard InChI is InChI=1S/C17H18N6OS/c24-17(14-2-1-9-25-14)22-7-5-21(6-8-22)13-10-15-19-20-16(12-3-4-12)23(15)18-11-13/h1-2,9-12H,3-8H2. The van der Waals surface area contributed by atoms with Gasteiger partial charge in [-0.05, 0) is 24.3 Å². The van der Waals surface area contributed by atoms with Crippen LogP contribution in [0.3, 0.4) is 0 Å². The van der Waals surface area contributed by atoms with E-state index in [1.54, 1.807) is 0 Å². The zero-order valence-corrected chi connectivity index (χ0v) is 14.5. The van der Waals surface area contributed by atoms with Gasteiger partial charge in [0.05, 0.1) is 16.8 Å². The second-order valence-electron chi connectivity index (χ2n) is 6.57. The molecule has 3 aromatic rings. The molecule has 0 spiro atoms. The molecule has 0 radical (unpaired) electrons. The fraction of sp³-hybridized carbons (Fsp3) is 0.412. The highest BCUT2D eigenvalue weighted by Crippen LogP contribution is 2.38. The Hall–Kier alpha value is -2.48. The van der Waals surface area contributed by atoms with Crippen LogP contribution in [0.25, 0.3) is 5.65 Å². The number of rotatable bonds is 3. The maximum absolute atomic E-state index is 12.4. The van der Waals surface area contributed by atoms with Gasteiger partial charge >= 0.3 is 0 Å². The second kappa shape index (κ2) is 5.80. The molecule has 0 aromatic carbocycles. The number of fused-ring (bicyclic) bond motifs is 1. The summed E-state index contributed by atoms with van der Waals surface area (Å²) < 4.78 is 1.86. The molecule has 5 rings (SSSR count). The van der Waals surface area contributed by atoms with Gasteiger partial charge in [-0.15, -0.1) is 21.5 Å². The van der Waals surface area contributed by atoms with E-state index in [1.807, 2.05) is 39.2 Å². The minimum atomic E-state index is 0.134. The van der Waals surface area contributed by atoms with E-state index in [1.165, 1.54) is 24.2 Å². The van der Waals surface area contributed by atoms with Gasteiger partial charge in [-0.3, -0.25) is 4.79 Å². The number of amides is 1. The molecule has 1 saturated heterocycles. The molecule has 1 saturated carbocycles. The van der Waals surface area contributed by atoms with Crippen molar-refractivity contribution >= 4 is 28.6 Å². The first-order chi connectivity index (χ1) is 12.3. The van der Waals surface area contributed by atoms with Crippen LogP contribution in [-0.2, 0) is 0 Å². The Morgan fingerprint density at radius 2 is 2.00 bits per heavy atom. The van der Waals surface area contributed by atoms with Crippen LogP contribution in [0.2, 0.25) is 0 Å². The number of piperazine rings is 1. The summed E-state index contributed by atoms with van der Waals surface area (Å²) in [6.45, 7) is 3.06. The third-order valence-electron chi connectivity index (χ3n) is 4.88. The van der Waals surface area contributed by atoms with E-state index in [4.69, 9.17) is 0 Å². The predicted molar refractivity (Wildman–Crippen MR) is 95.2 cm³/mol. The largest absolute Gasteiger partial charge is 0.367 e. The first kappa shape index (κ1) is 14.8. The molecule has 0 bridgehead atoms. The average molecular weight is 354 g/mol. The highest BCUT2D eigenvalue weighted by atomic mass is 32.1. The van der Waals surface area contributed by atoms with E-state index in [2.05, 4.69) is 20.2 Å². The Balaban J connectivity index is 1.30. The van der Waals surface area contributed by atoms with Crippen molar-refractivity contribution < 1.29 is 4.79 Å². The quantitative estimate of drug-likeness (QED) is 0.720. The maximum Gasteiger partial charge on any atom is 0.264 e. The summed E-state index contributed by atoms with van der Waals surface area (Å²) in [7, 11) is 0. The summed E-state index contributed by atoms with van der Waals surface area (Å²) in [6, 6.07) is 5.85. The molecular formula is C17H18N6OS. The Labute approximate surface area is 148 Å². The number of carbonyl (C=O) groups excluding carboxylic acids is 1. The molecule has 7 nitrogen and oxygen atoms in total. The zero-order chi connectivity index (χ0) is 16.8. The summed E-state index contributed by atoms with van der Waals surface area (Å²) in [5, 5.41) is 15.0. The Morgan fingerprint density at radius 3 is 2.72 bits per heavy atom. The lowest BCUT2D eigenvalue weighted by Gasteiger charge is -2.35. The van der Waals surface area contributed by atoms with Gasteiger partial charge in [-0.1, -0.05) is 6.07 Å². The van der Waals surface area contributed by atoms with Crippen LogP contribution in [0.15, 0.2) is 29.8 Å². The van der Waals surface area contributed by atoms with Crippen molar-refractivity contribution in [3.05, 3.63) is 40.5 Å². The van der Waals surface area contributed by atoms with E-state index in [9.17, 15) is 4.79 Å². The van der Waals surface area contributed by atoms with Gasteiger partial charge < -0.3 is 9.80 Å². The minimum absolute atomic E-state index is 0.134. The second-order valence-corrected chi connectivity index (χ2v) is 7.52. The van der Waals surface area contributed by atoms with Crippen molar-refractivity contribution in [2.24, 2.45) is 0 Å². The lowest BCUT2D eigenvalue weighted by atomic mass is 10.2. The monoisotopic (exact) mass is 354 g/mol.